The monoisotopic (exact) mass is 496 g/mol. The second-order valence-electron chi connectivity index (χ2n) is 10.8. The van der Waals surface area contributed by atoms with Crippen LogP contribution < -0.4 is 4.74 Å². The average Bonchev–Trinajstić information content (AvgIpc) is 2.76. The van der Waals surface area contributed by atoms with Crippen molar-refractivity contribution in [1.82, 2.24) is 0 Å². The molecule has 0 radical (unpaired) electrons. The highest BCUT2D eigenvalue weighted by Gasteiger charge is 2.53. The Balaban J connectivity index is 0.000000297. The van der Waals surface area contributed by atoms with Crippen LogP contribution in [-0.4, -0.2) is 28.1 Å². The molecule has 196 valence electrons. The summed E-state index contributed by atoms with van der Waals surface area (Å²) in [6.45, 7) is 14.4. The van der Waals surface area contributed by atoms with E-state index in [9.17, 15) is 19.5 Å². The van der Waals surface area contributed by atoms with Gasteiger partial charge in [0.05, 0.1) is 6.42 Å². The smallest absolute Gasteiger partial charge is 0.339 e. The molecule has 2 fully saturated rings. The molecule has 1 aromatic carbocycles. The molecular formula is C30H40O6. The van der Waals surface area contributed by atoms with Gasteiger partial charge in [-0.2, -0.15) is 0 Å². The van der Waals surface area contributed by atoms with Crippen LogP contribution in [0.25, 0.3) is 0 Å². The summed E-state index contributed by atoms with van der Waals surface area (Å²) in [6, 6.07) is 5.98. The highest BCUT2D eigenvalue weighted by Crippen LogP contribution is 2.62. The Bertz CT molecular complexity index is 1050. The average molecular weight is 497 g/mol. The van der Waals surface area contributed by atoms with E-state index in [-0.39, 0.29) is 34.5 Å². The first-order valence-electron chi connectivity index (χ1n) is 12.5. The minimum absolute atomic E-state index is 0.0160. The van der Waals surface area contributed by atoms with E-state index in [2.05, 4.69) is 57.2 Å². The molecule has 0 spiro atoms. The first-order valence-corrected chi connectivity index (χ1v) is 12.5. The first-order chi connectivity index (χ1) is 16.8. The van der Waals surface area contributed by atoms with E-state index in [4.69, 9.17) is 5.11 Å². The minimum Gasteiger partial charge on any atom is -0.481 e. The van der Waals surface area contributed by atoms with Crippen molar-refractivity contribution >= 4 is 17.9 Å². The minimum atomic E-state index is -1.11. The quantitative estimate of drug-likeness (QED) is 0.189. The van der Waals surface area contributed by atoms with Crippen LogP contribution >= 0.6 is 0 Å². The summed E-state index contributed by atoms with van der Waals surface area (Å²) in [5.41, 5.74) is 2.68. The molecule has 4 atom stereocenters. The normalized spacial score (nSPS) is 27.3. The zero-order valence-electron chi connectivity index (χ0n) is 22.2. The van der Waals surface area contributed by atoms with E-state index in [0.29, 0.717) is 5.92 Å². The lowest BCUT2D eigenvalue weighted by Gasteiger charge is -2.58. The standard InChI is InChI=1S/C21H32O2.C9H8O4/c1-15(2)8-6-11-20(4)12-7-13-21(5)17(14-19(22)23)16(3)9-10-18(20)21;1-6(10)13-8-5-3-2-4-7(8)9(11)12/h6,8,11,17-18H,3,7,9-10,12-14H2,1-2,4-5H3,(H,22,23);2-5H,1H3,(H,11,12)/b11-6+;/t17-,18-,20+,21+;/m0./s1. The van der Waals surface area contributed by atoms with Crippen molar-refractivity contribution in [3.63, 3.8) is 0 Å². The van der Waals surface area contributed by atoms with Crippen LogP contribution in [0.1, 0.15) is 83.5 Å². The topological polar surface area (TPSA) is 101 Å². The Morgan fingerprint density at radius 2 is 1.78 bits per heavy atom. The fourth-order valence-electron chi connectivity index (χ4n) is 6.10. The largest absolute Gasteiger partial charge is 0.481 e. The Kier molecular flexibility index (Phi) is 9.85. The van der Waals surface area contributed by atoms with Gasteiger partial charge in [0.1, 0.15) is 11.3 Å². The van der Waals surface area contributed by atoms with Crippen molar-refractivity contribution in [3.8, 4) is 5.75 Å². The predicted molar refractivity (Wildman–Crippen MR) is 141 cm³/mol. The Morgan fingerprint density at radius 3 is 2.36 bits per heavy atom. The van der Waals surface area contributed by atoms with Crippen LogP contribution in [0.5, 0.6) is 5.75 Å². The number of allylic oxidation sites excluding steroid dienone is 5. The van der Waals surface area contributed by atoms with Crippen molar-refractivity contribution in [1.29, 1.82) is 0 Å². The number of carboxylic acids is 2. The van der Waals surface area contributed by atoms with Gasteiger partial charge in [-0.1, -0.05) is 68.4 Å². The maximum Gasteiger partial charge on any atom is 0.339 e. The van der Waals surface area contributed by atoms with Crippen LogP contribution in [0.3, 0.4) is 0 Å². The van der Waals surface area contributed by atoms with Gasteiger partial charge in [0.15, 0.2) is 0 Å². The number of fused-ring (bicyclic) bond motifs is 1. The number of ether oxygens (including phenoxy) is 1. The van der Waals surface area contributed by atoms with Crippen molar-refractivity contribution < 1.29 is 29.3 Å². The van der Waals surface area contributed by atoms with Gasteiger partial charge >= 0.3 is 17.9 Å². The number of hydrogen-bond acceptors (Lipinski definition) is 4. The van der Waals surface area contributed by atoms with Gasteiger partial charge in [-0.15, -0.1) is 0 Å². The Morgan fingerprint density at radius 1 is 1.11 bits per heavy atom. The summed E-state index contributed by atoms with van der Waals surface area (Å²) in [6.07, 6.45) is 12.6. The van der Waals surface area contributed by atoms with E-state index >= 15 is 0 Å². The number of aromatic carboxylic acids is 1. The summed E-state index contributed by atoms with van der Waals surface area (Å²) < 4.78 is 4.69. The molecule has 3 rings (SSSR count). The molecule has 2 saturated carbocycles. The Labute approximate surface area is 214 Å². The fourth-order valence-corrected chi connectivity index (χ4v) is 6.10. The molecule has 0 bridgehead atoms. The molecule has 36 heavy (non-hydrogen) atoms. The van der Waals surface area contributed by atoms with Gasteiger partial charge in [-0.05, 0) is 74.3 Å². The van der Waals surface area contributed by atoms with Gasteiger partial charge in [-0.3, -0.25) is 9.59 Å². The highest BCUT2D eigenvalue weighted by molar-refractivity contribution is 5.91. The highest BCUT2D eigenvalue weighted by atomic mass is 16.5. The molecule has 2 N–H and O–H groups in total. The molecule has 2 aliphatic rings. The summed E-state index contributed by atoms with van der Waals surface area (Å²) in [4.78, 5) is 32.6. The number of esters is 1. The van der Waals surface area contributed by atoms with Crippen LogP contribution in [0, 0.1) is 22.7 Å². The summed E-state index contributed by atoms with van der Waals surface area (Å²) in [5, 5.41) is 18.0. The van der Waals surface area contributed by atoms with Crippen LogP contribution in [0.15, 0.2) is 60.2 Å². The van der Waals surface area contributed by atoms with Crippen molar-refractivity contribution in [2.75, 3.05) is 0 Å². The third-order valence-electron chi connectivity index (χ3n) is 7.72. The van der Waals surface area contributed by atoms with E-state index in [1.54, 1.807) is 12.1 Å². The van der Waals surface area contributed by atoms with E-state index < -0.39 is 17.9 Å². The van der Waals surface area contributed by atoms with Crippen molar-refractivity contribution in [3.05, 3.63) is 65.8 Å². The lowest BCUT2D eigenvalue weighted by Crippen LogP contribution is -2.50. The molecule has 0 aliphatic heterocycles. The number of aliphatic carboxylic acids is 1. The fraction of sp³-hybridized carbons (Fsp3) is 0.500. The zero-order chi connectivity index (χ0) is 27.1. The molecule has 0 aromatic heterocycles. The number of carbonyl (C=O) groups excluding carboxylic acids is 1. The van der Waals surface area contributed by atoms with Crippen LogP contribution in [0.2, 0.25) is 0 Å². The summed E-state index contributed by atoms with van der Waals surface area (Å²) in [5.74, 6) is -1.60. The maximum atomic E-state index is 11.4. The molecule has 0 unspecified atom stereocenters. The predicted octanol–water partition coefficient (Wildman–Crippen LogP) is 7.07. The van der Waals surface area contributed by atoms with E-state index in [1.807, 2.05) is 0 Å². The number of rotatable bonds is 6. The zero-order valence-corrected chi connectivity index (χ0v) is 22.2. The molecular weight excluding hydrogens is 456 g/mol. The molecule has 0 heterocycles. The van der Waals surface area contributed by atoms with Gasteiger partial charge in [0.25, 0.3) is 0 Å². The van der Waals surface area contributed by atoms with Crippen LogP contribution in [-0.2, 0) is 9.59 Å². The molecule has 0 saturated heterocycles. The number of para-hydroxylation sites is 1. The van der Waals surface area contributed by atoms with Gasteiger partial charge < -0.3 is 14.9 Å². The lowest BCUT2D eigenvalue weighted by molar-refractivity contribution is -0.141. The lowest BCUT2D eigenvalue weighted by atomic mass is 9.46. The first kappa shape index (κ1) is 29.1. The number of hydrogen-bond donors (Lipinski definition) is 2. The Hall–Kier alpha value is -3.15. The SMILES string of the molecule is C=C1CC[C@@H]2[C@](C)(CCC[C@@]2(C)/C=C/C=C(C)C)[C@H]1CC(=O)O.CC(=O)Oc1ccccc1C(=O)O. The van der Waals surface area contributed by atoms with Gasteiger partial charge in [0, 0.05) is 6.92 Å². The third-order valence-corrected chi connectivity index (χ3v) is 7.72. The second kappa shape index (κ2) is 12.2. The molecule has 6 nitrogen and oxygen atoms in total. The summed E-state index contributed by atoms with van der Waals surface area (Å²) >= 11 is 0. The van der Waals surface area contributed by atoms with Crippen LogP contribution in [0.4, 0.5) is 0 Å². The number of carboxylic acid groups (broad SMARTS) is 2. The van der Waals surface area contributed by atoms with Gasteiger partial charge in [0.2, 0.25) is 0 Å². The third kappa shape index (κ3) is 7.19. The van der Waals surface area contributed by atoms with E-state index in [1.165, 1.54) is 37.5 Å². The molecule has 0 amide bonds. The summed E-state index contributed by atoms with van der Waals surface area (Å²) in [7, 11) is 0. The molecule has 1 aromatic rings. The molecule has 2 aliphatic carbocycles. The van der Waals surface area contributed by atoms with Crippen molar-refractivity contribution in [2.45, 2.75) is 73.1 Å². The number of benzene rings is 1. The number of carbonyl (C=O) groups is 3. The second-order valence-corrected chi connectivity index (χ2v) is 10.8. The van der Waals surface area contributed by atoms with Crippen molar-refractivity contribution in [2.24, 2.45) is 22.7 Å². The molecule has 6 heteroatoms. The van der Waals surface area contributed by atoms with Gasteiger partial charge in [-0.25, -0.2) is 4.79 Å². The maximum absolute atomic E-state index is 11.4. The van der Waals surface area contributed by atoms with E-state index in [0.717, 1.165) is 24.8 Å².